The van der Waals surface area contributed by atoms with Crippen LogP contribution in [0.5, 0.6) is 5.75 Å². The number of fused-ring (bicyclic) bond motifs is 1. The Morgan fingerprint density at radius 3 is 2.69 bits per heavy atom. The maximum Gasteiger partial charge on any atom is 0.315 e. The minimum atomic E-state index is -3.82. The SMILES string of the molecule is N#Cc1cccc(S(=O)(=O)CCN2CCn3c(C4CCCN4C(=O)CSc4ccccc4Cl)nc(=O)c(O)c3C2=O)c1. The van der Waals surface area contributed by atoms with Gasteiger partial charge in [0.2, 0.25) is 11.7 Å². The zero-order valence-corrected chi connectivity index (χ0v) is 24.7. The third-order valence-corrected chi connectivity index (χ3v) is 10.5. The van der Waals surface area contributed by atoms with Crippen molar-refractivity contribution in [2.75, 3.05) is 31.1 Å². The van der Waals surface area contributed by atoms with Gasteiger partial charge in [-0.3, -0.25) is 14.4 Å². The van der Waals surface area contributed by atoms with Crippen LogP contribution in [0.4, 0.5) is 0 Å². The van der Waals surface area contributed by atoms with Gasteiger partial charge in [0.15, 0.2) is 15.5 Å². The summed E-state index contributed by atoms with van der Waals surface area (Å²) >= 11 is 7.53. The van der Waals surface area contributed by atoms with Crippen molar-refractivity contribution in [2.45, 2.75) is 35.2 Å². The van der Waals surface area contributed by atoms with E-state index in [1.54, 1.807) is 17.0 Å². The van der Waals surface area contributed by atoms with Crippen LogP contribution >= 0.6 is 23.4 Å². The van der Waals surface area contributed by atoms with Crippen molar-refractivity contribution in [3.63, 3.8) is 0 Å². The van der Waals surface area contributed by atoms with Gasteiger partial charge in [0.25, 0.3) is 5.91 Å². The fourth-order valence-electron chi connectivity index (χ4n) is 5.17. The summed E-state index contributed by atoms with van der Waals surface area (Å²) in [4.78, 5) is 47.1. The highest BCUT2D eigenvalue weighted by molar-refractivity contribution is 8.00. The Bertz CT molecular complexity index is 1770. The van der Waals surface area contributed by atoms with Gasteiger partial charge in [-0.05, 0) is 43.2 Å². The van der Waals surface area contributed by atoms with Crippen LogP contribution in [0.15, 0.2) is 63.1 Å². The average molecular weight is 628 g/mol. The first-order valence-corrected chi connectivity index (χ1v) is 16.1. The van der Waals surface area contributed by atoms with Crippen LogP contribution in [0.1, 0.15) is 40.8 Å². The number of likely N-dealkylation sites (tertiary alicyclic amines) is 1. The molecule has 5 rings (SSSR count). The number of aromatic nitrogens is 2. The second-order valence-corrected chi connectivity index (χ2v) is 13.4. The van der Waals surface area contributed by atoms with Gasteiger partial charge in [0, 0.05) is 31.1 Å². The molecular weight excluding hydrogens is 602 g/mol. The summed E-state index contributed by atoms with van der Waals surface area (Å²) < 4.78 is 27.3. The molecule has 42 heavy (non-hydrogen) atoms. The van der Waals surface area contributed by atoms with E-state index >= 15 is 0 Å². The monoisotopic (exact) mass is 627 g/mol. The summed E-state index contributed by atoms with van der Waals surface area (Å²) in [5.41, 5.74) is -1.06. The standard InChI is InChI=1S/C28H26ClN5O6S2/c29-20-7-1-2-9-22(20)41-17-23(35)33-10-4-8-21(33)26-31-27(37)25(36)24-28(38)32(11-12-34(24)26)13-14-42(39,40)19-6-3-5-18(15-19)16-30/h1-3,5-7,9,15,21,36H,4,8,10-14,17H2. The number of nitrogens with zero attached hydrogens (tertiary/aromatic N) is 5. The molecule has 1 fully saturated rings. The number of carbonyl (C=O) groups is 2. The van der Waals surface area contributed by atoms with Gasteiger partial charge < -0.3 is 19.5 Å². The molecule has 0 spiro atoms. The van der Waals surface area contributed by atoms with E-state index in [0.717, 1.165) is 4.90 Å². The highest BCUT2D eigenvalue weighted by Gasteiger charge is 2.38. The van der Waals surface area contributed by atoms with Crippen LogP contribution in [0.25, 0.3) is 0 Å². The van der Waals surface area contributed by atoms with E-state index in [-0.39, 0.29) is 53.3 Å². The topological polar surface area (TPSA) is 154 Å². The van der Waals surface area contributed by atoms with Gasteiger partial charge in [-0.1, -0.05) is 29.8 Å². The molecule has 1 unspecified atom stereocenters. The minimum Gasteiger partial charge on any atom is -0.501 e. The van der Waals surface area contributed by atoms with E-state index in [1.807, 2.05) is 18.2 Å². The Labute approximate surface area is 251 Å². The molecule has 3 aromatic rings. The summed E-state index contributed by atoms with van der Waals surface area (Å²) in [5.74, 6) is -1.77. The highest BCUT2D eigenvalue weighted by atomic mass is 35.5. The average Bonchev–Trinajstić information content (AvgIpc) is 3.48. The number of hydrogen-bond acceptors (Lipinski definition) is 9. The van der Waals surface area contributed by atoms with Crippen LogP contribution in [-0.2, 0) is 21.2 Å². The lowest BCUT2D eigenvalue weighted by atomic mass is 10.1. The summed E-state index contributed by atoms with van der Waals surface area (Å²) in [6.45, 7) is 0.522. The first kappa shape index (κ1) is 29.6. The minimum absolute atomic E-state index is 0.0318. The molecule has 1 saturated heterocycles. The van der Waals surface area contributed by atoms with Gasteiger partial charge in [-0.25, -0.2) is 8.42 Å². The molecule has 0 radical (unpaired) electrons. The van der Waals surface area contributed by atoms with Crippen molar-refractivity contribution >= 4 is 45.0 Å². The number of sulfone groups is 1. The molecule has 218 valence electrons. The first-order chi connectivity index (χ1) is 20.1. The summed E-state index contributed by atoms with van der Waals surface area (Å²) in [5, 5.41) is 20.2. The lowest BCUT2D eigenvalue weighted by molar-refractivity contribution is -0.129. The van der Waals surface area contributed by atoms with E-state index in [4.69, 9.17) is 16.9 Å². The van der Waals surface area contributed by atoms with Crippen molar-refractivity contribution in [1.29, 1.82) is 5.26 Å². The molecular formula is C28H26ClN5O6S2. The lowest BCUT2D eigenvalue weighted by Crippen LogP contribution is -2.46. The number of hydrogen-bond donors (Lipinski definition) is 1. The van der Waals surface area contributed by atoms with Crippen molar-refractivity contribution in [2.24, 2.45) is 0 Å². The van der Waals surface area contributed by atoms with E-state index in [1.165, 1.54) is 45.5 Å². The van der Waals surface area contributed by atoms with E-state index in [2.05, 4.69) is 4.98 Å². The smallest absolute Gasteiger partial charge is 0.315 e. The number of rotatable bonds is 8. The summed E-state index contributed by atoms with van der Waals surface area (Å²) in [6, 6.07) is 14.2. The number of halogens is 1. The quantitative estimate of drug-likeness (QED) is 0.371. The largest absolute Gasteiger partial charge is 0.501 e. The fourth-order valence-corrected chi connectivity index (χ4v) is 7.58. The molecule has 0 bridgehead atoms. The van der Waals surface area contributed by atoms with Crippen molar-refractivity contribution < 1.29 is 23.1 Å². The second-order valence-electron chi connectivity index (χ2n) is 9.84. The predicted octanol–water partition coefficient (Wildman–Crippen LogP) is 2.86. The molecule has 2 aromatic carbocycles. The number of amides is 2. The second kappa shape index (κ2) is 12.2. The van der Waals surface area contributed by atoms with Crippen molar-refractivity contribution in [3.05, 3.63) is 81.0 Å². The van der Waals surface area contributed by atoms with Gasteiger partial charge in [0.05, 0.1) is 39.1 Å². The Balaban J connectivity index is 1.35. The predicted molar refractivity (Wildman–Crippen MR) is 155 cm³/mol. The third-order valence-electron chi connectivity index (χ3n) is 7.28. The fraction of sp³-hybridized carbons (Fsp3) is 0.321. The highest BCUT2D eigenvalue weighted by Crippen LogP contribution is 2.35. The Hall–Kier alpha value is -3.86. The Morgan fingerprint density at radius 1 is 1.14 bits per heavy atom. The molecule has 14 heteroatoms. The normalized spacial score (nSPS) is 16.8. The zero-order chi connectivity index (χ0) is 30.0. The lowest BCUT2D eigenvalue weighted by Gasteiger charge is -2.33. The summed E-state index contributed by atoms with van der Waals surface area (Å²) in [7, 11) is -3.82. The van der Waals surface area contributed by atoms with Gasteiger partial charge in [-0.15, -0.1) is 11.8 Å². The molecule has 1 N–H and O–H groups in total. The van der Waals surface area contributed by atoms with Crippen LogP contribution in [-0.4, -0.2) is 75.8 Å². The molecule has 0 aliphatic carbocycles. The molecule has 11 nitrogen and oxygen atoms in total. The van der Waals surface area contributed by atoms with Gasteiger partial charge in [0.1, 0.15) is 5.82 Å². The molecule has 2 aliphatic rings. The maximum atomic E-state index is 13.5. The van der Waals surface area contributed by atoms with Crippen LogP contribution in [0.3, 0.4) is 0 Å². The maximum absolute atomic E-state index is 13.5. The number of thioether (sulfide) groups is 1. The molecule has 1 atom stereocenters. The van der Waals surface area contributed by atoms with E-state index in [0.29, 0.717) is 24.4 Å². The Morgan fingerprint density at radius 2 is 1.93 bits per heavy atom. The molecule has 3 heterocycles. The van der Waals surface area contributed by atoms with Crippen molar-refractivity contribution in [1.82, 2.24) is 19.4 Å². The number of nitriles is 1. The van der Waals surface area contributed by atoms with Crippen LogP contribution in [0, 0.1) is 11.3 Å². The van der Waals surface area contributed by atoms with E-state index in [9.17, 15) is 27.9 Å². The molecule has 1 aromatic heterocycles. The number of aromatic hydroxyl groups is 1. The van der Waals surface area contributed by atoms with Crippen LogP contribution < -0.4 is 5.56 Å². The van der Waals surface area contributed by atoms with Gasteiger partial charge >= 0.3 is 5.56 Å². The third kappa shape index (κ3) is 5.88. The molecule has 0 saturated carbocycles. The molecule has 2 amide bonds. The van der Waals surface area contributed by atoms with E-state index < -0.39 is 38.8 Å². The zero-order valence-electron chi connectivity index (χ0n) is 22.3. The van der Waals surface area contributed by atoms with Gasteiger partial charge in [-0.2, -0.15) is 10.2 Å². The van der Waals surface area contributed by atoms with Crippen molar-refractivity contribution in [3.8, 4) is 11.8 Å². The first-order valence-electron chi connectivity index (χ1n) is 13.1. The summed E-state index contributed by atoms with van der Waals surface area (Å²) in [6.07, 6.45) is 1.20. The number of benzene rings is 2. The Kier molecular flexibility index (Phi) is 8.58. The number of carbonyl (C=O) groups excluding carboxylic acids is 2. The van der Waals surface area contributed by atoms with Crippen LogP contribution in [0.2, 0.25) is 5.02 Å². The molecule has 2 aliphatic heterocycles.